The summed E-state index contributed by atoms with van der Waals surface area (Å²) in [5.41, 5.74) is 0. The van der Waals surface area contributed by atoms with Gasteiger partial charge in [0.2, 0.25) is 0 Å². The number of nitrogens with zero attached hydrogens (tertiary/aromatic N) is 2. The molecule has 1 aliphatic carbocycles. The summed E-state index contributed by atoms with van der Waals surface area (Å²) in [6.07, 6.45) is 6.56. The van der Waals surface area contributed by atoms with Crippen LogP contribution in [0.5, 0.6) is 0 Å². The fraction of sp³-hybridized carbons (Fsp3) is 0.941. The van der Waals surface area contributed by atoms with Crippen LogP contribution in [0.2, 0.25) is 0 Å². The summed E-state index contributed by atoms with van der Waals surface area (Å²) in [6, 6.07) is 0.651. The molecule has 0 spiro atoms. The maximum atomic E-state index is 4.70. The first-order chi connectivity index (χ1) is 10.2. The molecule has 0 bridgehead atoms. The molecule has 0 aromatic heterocycles. The molecule has 1 saturated carbocycles. The van der Waals surface area contributed by atoms with Crippen LogP contribution in [0.4, 0.5) is 0 Å². The molecule has 2 rings (SSSR count). The van der Waals surface area contributed by atoms with Crippen molar-refractivity contribution in [1.29, 1.82) is 0 Å². The third-order valence-corrected chi connectivity index (χ3v) is 4.67. The maximum Gasteiger partial charge on any atom is 0.191 e. The first-order valence-corrected chi connectivity index (χ1v) is 8.96. The molecule has 0 amide bonds. The van der Waals surface area contributed by atoms with Crippen LogP contribution in [0.1, 0.15) is 52.9 Å². The van der Waals surface area contributed by atoms with Crippen molar-refractivity contribution < 1.29 is 0 Å². The summed E-state index contributed by atoms with van der Waals surface area (Å²) in [5.74, 6) is 2.72. The first kappa shape index (κ1) is 16.6. The van der Waals surface area contributed by atoms with E-state index >= 15 is 0 Å². The van der Waals surface area contributed by atoms with E-state index in [1.807, 2.05) is 0 Å². The number of piperidine rings is 1. The van der Waals surface area contributed by atoms with E-state index < -0.39 is 0 Å². The Kier molecular flexibility index (Phi) is 6.81. The van der Waals surface area contributed by atoms with Crippen LogP contribution < -0.4 is 10.6 Å². The van der Waals surface area contributed by atoms with Crippen molar-refractivity contribution in [2.75, 3.05) is 32.7 Å². The minimum atomic E-state index is 0.651. The molecule has 2 N–H and O–H groups in total. The molecule has 0 radical (unpaired) electrons. The van der Waals surface area contributed by atoms with Crippen molar-refractivity contribution in [3.63, 3.8) is 0 Å². The SMILES string of the molecule is CCNC(=NCCCCN1CCCC(C)C1)NC1CC1C. The second-order valence-electron chi connectivity index (χ2n) is 6.98. The molecule has 21 heavy (non-hydrogen) atoms. The molecular weight excluding hydrogens is 260 g/mol. The predicted octanol–water partition coefficient (Wildman–Crippen LogP) is 2.46. The Bertz CT molecular complexity index is 329. The van der Waals surface area contributed by atoms with Crippen LogP contribution in [-0.4, -0.2) is 49.6 Å². The van der Waals surface area contributed by atoms with E-state index in [0.29, 0.717) is 6.04 Å². The summed E-state index contributed by atoms with van der Waals surface area (Å²) in [5, 5.41) is 6.87. The number of guanidine groups is 1. The van der Waals surface area contributed by atoms with E-state index in [4.69, 9.17) is 4.99 Å². The highest BCUT2D eigenvalue weighted by atomic mass is 15.2. The highest BCUT2D eigenvalue weighted by Crippen LogP contribution is 2.28. The van der Waals surface area contributed by atoms with E-state index in [1.165, 1.54) is 51.7 Å². The number of nitrogens with one attached hydrogen (secondary N) is 2. The monoisotopic (exact) mass is 294 g/mol. The Morgan fingerprint density at radius 1 is 1.29 bits per heavy atom. The molecule has 3 atom stereocenters. The Balaban J connectivity index is 1.58. The lowest BCUT2D eigenvalue weighted by Crippen LogP contribution is -2.39. The largest absolute Gasteiger partial charge is 0.357 e. The van der Waals surface area contributed by atoms with Crippen LogP contribution >= 0.6 is 0 Å². The van der Waals surface area contributed by atoms with Gasteiger partial charge in [-0.2, -0.15) is 0 Å². The van der Waals surface area contributed by atoms with Gasteiger partial charge >= 0.3 is 0 Å². The van der Waals surface area contributed by atoms with E-state index in [-0.39, 0.29) is 0 Å². The molecular formula is C17H34N4. The Hall–Kier alpha value is -0.770. The average molecular weight is 294 g/mol. The number of hydrogen-bond donors (Lipinski definition) is 2. The zero-order valence-electron chi connectivity index (χ0n) is 14.2. The van der Waals surface area contributed by atoms with E-state index in [1.54, 1.807) is 0 Å². The molecule has 1 saturated heterocycles. The predicted molar refractivity (Wildman–Crippen MR) is 90.8 cm³/mol. The van der Waals surface area contributed by atoms with Gasteiger partial charge in [0.15, 0.2) is 5.96 Å². The number of unbranched alkanes of at least 4 members (excludes halogenated alkanes) is 1. The van der Waals surface area contributed by atoms with Gasteiger partial charge in [0, 0.05) is 25.7 Å². The molecule has 122 valence electrons. The second-order valence-corrected chi connectivity index (χ2v) is 6.98. The topological polar surface area (TPSA) is 39.7 Å². The van der Waals surface area contributed by atoms with Crippen molar-refractivity contribution in [3.05, 3.63) is 0 Å². The quantitative estimate of drug-likeness (QED) is 0.430. The Morgan fingerprint density at radius 2 is 2.10 bits per heavy atom. The lowest BCUT2D eigenvalue weighted by atomic mass is 10.0. The van der Waals surface area contributed by atoms with Gasteiger partial charge in [-0.15, -0.1) is 0 Å². The van der Waals surface area contributed by atoms with Gasteiger partial charge in [0.05, 0.1) is 0 Å². The summed E-state index contributed by atoms with van der Waals surface area (Å²) < 4.78 is 0. The van der Waals surface area contributed by atoms with E-state index in [9.17, 15) is 0 Å². The maximum absolute atomic E-state index is 4.70. The fourth-order valence-electron chi connectivity index (χ4n) is 3.15. The lowest BCUT2D eigenvalue weighted by Gasteiger charge is -2.30. The van der Waals surface area contributed by atoms with Crippen LogP contribution in [0.3, 0.4) is 0 Å². The van der Waals surface area contributed by atoms with Gasteiger partial charge < -0.3 is 15.5 Å². The molecule has 0 aromatic carbocycles. The molecule has 1 heterocycles. The molecule has 3 unspecified atom stereocenters. The normalized spacial score (nSPS) is 30.2. The van der Waals surface area contributed by atoms with Gasteiger partial charge in [-0.25, -0.2) is 0 Å². The summed E-state index contributed by atoms with van der Waals surface area (Å²) in [6.45, 7) is 12.5. The third kappa shape index (κ3) is 6.25. The summed E-state index contributed by atoms with van der Waals surface area (Å²) in [4.78, 5) is 7.33. The van der Waals surface area contributed by atoms with E-state index in [0.717, 1.165) is 30.9 Å². The van der Waals surface area contributed by atoms with Gasteiger partial charge in [0.1, 0.15) is 0 Å². The standard InChI is InChI=1S/C17H34N4/c1-4-18-17(20-16-12-15(16)3)19-9-5-6-10-21-11-7-8-14(2)13-21/h14-16H,4-13H2,1-3H3,(H2,18,19,20). The molecule has 4 heteroatoms. The van der Waals surface area contributed by atoms with Gasteiger partial charge in [-0.3, -0.25) is 4.99 Å². The van der Waals surface area contributed by atoms with Crippen molar-refractivity contribution in [2.45, 2.75) is 58.9 Å². The molecule has 2 fully saturated rings. The Labute approximate surface area is 130 Å². The zero-order chi connectivity index (χ0) is 15.1. The van der Waals surface area contributed by atoms with E-state index in [2.05, 4.69) is 36.3 Å². The number of likely N-dealkylation sites (tertiary alicyclic amines) is 1. The van der Waals surface area contributed by atoms with Crippen LogP contribution in [0.25, 0.3) is 0 Å². The Morgan fingerprint density at radius 3 is 2.76 bits per heavy atom. The van der Waals surface area contributed by atoms with Crippen molar-refractivity contribution >= 4 is 5.96 Å². The zero-order valence-corrected chi connectivity index (χ0v) is 14.2. The highest BCUT2D eigenvalue weighted by molar-refractivity contribution is 5.80. The number of hydrogen-bond acceptors (Lipinski definition) is 2. The number of rotatable bonds is 7. The van der Waals surface area contributed by atoms with Crippen LogP contribution in [-0.2, 0) is 0 Å². The first-order valence-electron chi connectivity index (χ1n) is 8.96. The van der Waals surface area contributed by atoms with Gasteiger partial charge in [0.25, 0.3) is 0 Å². The summed E-state index contributed by atoms with van der Waals surface area (Å²) in [7, 11) is 0. The lowest BCUT2D eigenvalue weighted by molar-refractivity contribution is 0.181. The molecule has 0 aromatic rings. The number of aliphatic imine (C=N–C) groups is 1. The van der Waals surface area contributed by atoms with Crippen LogP contribution in [0, 0.1) is 11.8 Å². The molecule has 1 aliphatic heterocycles. The molecule has 2 aliphatic rings. The van der Waals surface area contributed by atoms with Crippen LogP contribution in [0.15, 0.2) is 4.99 Å². The second kappa shape index (κ2) is 8.62. The average Bonchev–Trinajstić information content (AvgIpc) is 3.14. The van der Waals surface area contributed by atoms with Crippen molar-refractivity contribution in [3.8, 4) is 0 Å². The van der Waals surface area contributed by atoms with Gasteiger partial charge in [-0.1, -0.05) is 13.8 Å². The van der Waals surface area contributed by atoms with Crippen molar-refractivity contribution in [2.24, 2.45) is 16.8 Å². The highest BCUT2D eigenvalue weighted by Gasteiger charge is 2.33. The molecule has 4 nitrogen and oxygen atoms in total. The fourth-order valence-corrected chi connectivity index (χ4v) is 3.15. The minimum Gasteiger partial charge on any atom is -0.357 e. The van der Waals surface area contributed by atoms with Crippen molar-refractivity contribution in [1.82, 2.24) is 15.5 Å². The third-order valence-electron chi connectivity index (χ3n) is 4.67. The van der Waals surface area contributed by atoms with Gasteiger partial charge in [-0.05, 0) is 64.0 Å². The summed E-state index contributed by atoms with van der Waals surface area (Å²) >= 11 is 0. The minimum absolute atomic E-state index is 0.651. The smallest absolute Gasteiger partial charge is 0.191 e.